The molecule has 7 heterocycles. The summed E-state index contributed by atoms with van der Waals surface area (Å²) in [6.07, 6.45) is 13.1. The Balaban J connectivity index is 0.000000585. The van der Waals surface area contributed by atoms with Crippen molar-refractivity contribution in [3.63, 3.8) is 0 Å². The van der Waals surface area contributed by atoms with E-state index >= 15 is 0 Å². The first-order valence-corrected chi connectivity index (χ1v) is 24.2. The Morgan fingerprint density at radius 1 is 0.659 bits per heavy atom. The van der Waals surface area contributed by atoms with Gasteiger partial charge < -0.3 is 42.7 Å². The van der Waals surface area contributed by atoms with Gasteiger partial charge >= 0.3 is 40.9 Å². The molecule has 0 saturated heterocycles. The number of aryl methyl sites for hydroxylation is 5. The van der Waals surface area contributed by atoms with Crippen molar-refractivity contribution in [3.05, 3.63) is 184 Å². The van der Waals surface area contributed by atoms with Gasteiger partial charge in [0.25, 0.3) is 11.8 Å². The largest absolute Gasteiger partial charge is 1.00 e. The molecule has 0 fully saturated rings. The fourth-order valence-corrected chi connectivity index (χ4v) is 7.59. The number of hydrogen-bond acceptors (Lipinski definition) is 20. The van der Waals surface area contributed by atoms with E-state index in [9.17, 15) is 38.6 Å². The number of halogens is 6. The molecule has 9 rings (SSSR count). The first-order valence-electron chi connectivity index (χ1n) is 22.7. The third-order valence-electron chi connectivity index (χ3n) is 10.0. The Morgan fingerprint density at radius 3 is 1.44 bits per heavy atom. The third-order valence-corrected chi connectivity index (χ3v) is 11.4. The summed E-state index contributed by atoms with van der Waals surface area (Å²) < 4.78 is 45.3. The molecule has 0 aliphatic carbocycles. The zero-order valence-corrected chi connectivity index (χ0v) is 49.8. The smallest absolute Gasteiger partial charge is 0.553 e. The molecule has 85 heavy (non-hydrogen) atoms. The number of nitrogens with one attached hydrogen (secondary N) is 4. The predicted molar refractivity (Wildman–Crippen MR) is 309 cm³/mol. The van der Waals surface area contributed by atoms with Crippen LogP contribution in [0.5, 0.6) is 11.5 Å². The van der Waals surface area contributed by atoms with E-state index in [0.717, 1.165) is 12.3 Å². The normalized spacial score (nSPS) is 10.5. The van der Waals surface area contributed by atoms with E-state index in [1.165, 1.54) is 70.7 Å². The molecule has 0 saturated carbocycles. The number of nitrogens with two attached hydrogens (primary N) is 2. The van der Waals surface area contributed by atoms with E-state index in [0.29, 0.717) is 34.1 Å². The van der Waals surface area contributed by atoms with Gasteiger partial charge in [0.05, 0.1) is 61.7 Å². The van der Waals surface area contributed by atoms with Crippen LogP contribution < -0.4 is 61.1 Å². The van der Waals surface area contributed by atoms with Crippen LogP contribution in [0.3, 0.4) is 0 Å². The van der Waals surface area contributed by atoms with Gasteiger partial charge in [-0.3, -0.25) is 53.6 Å². The minimum atomic E-state index is -0.767. The minimum Gasteiger partial charge on any atom is -0.553 e. The van der Waals surface area contributed by atoms with Gasteiger partial charge in [0.15, 0.2) is 23.0 Å². The molecular weight excluding hydrogens is 1220 g/mol. The molecule has 0 bridgehead atoms. The molecular formula is C48H56Cl4F2N21NaO9. The average molecular weight is 1270 g/mol. The number of nitrogens with zero attached hydrogens (tertiary/aromatic N) is 15. The van der Waals surface area contributed by atoms with Crippen molar-refractivity contribution in [1.82, 2.24) is 69.7 Å². The Kier molecular flexibility index (Phi) is 31.2. The molecule has 0 aliphatic heterocycles. The number of nitrogen functional groups attached to an aromatic ring is 2. The molecule has 9 N–H and O–H groups in total. The average Bonchev–Trinajstić information content (AvgIpc) is 3.63. The molecule has 2 unspecified atom stereocenters. The molecule has 0 aliphatic rings. The number of ether oxygens (including phenoxy) is 2. The summed E-state index contributed by atoms with van der Waals surface area (Å²) in [6, 6.07) is 7.89. The van der Waals surface area contributed by atoms with Gasteiger partial charge in [0.1, 0.15) is 53.9 Å². The van der Waals surface area contributed by atoms with Crippen LogP contribution >= 0.6 is 46.4 Å². The van der Waals surface area contributed by atoms with E-state index in [1.807, 2.05) is 7.05 Å². The number of H-pyrrole nitrogens is 1. The van der Waals surface area contributed by atoms with Crippen molar-refractivity contribution in [3.8, 4) is 11.5 Å². The van der Waals surface area contributed by atoms with Crippen LogP contribution in [-0.2, 0) is 28.2 Å². The number of carbonyl (C=O) groups excluding carboxylic acids is 2. The summed E-state index contributed by atoms with van der Waals surface area (Å²) in [5.41, 5.74) is 13.8. The number of aromatic nitrogens is 14. The molecule has 2 amide bonds. The van der Waals surface area contributed by atoms with Gasteiger partial charge in [-0.1, -0.05) is 61.3 Å². The van der Waals surface area contributed by atoms with Crippen LogP contribution in [0.4, 0.5) is 43.0 Å². The topological polar surface area (TPSA) is 411 Å². The number of hydrogen-bond donors (Lipinski definition) is 6. The Hall–Kier alpha value is -8.47. The summed E-state index contributed by atoms with van der Waals surface area (Å²) in [7, 11) is 6.91. The molecule has 0 spiro atoms. The number of anilines is 4. The molecule has 9 aromatic rings. The first kappa shape index (κ1) is 74.5. The van der Waals surface area contributed by atoms with Crippen molar-refractivity contribution in [2.24, 2.45) is 28.2 Å². The summed E-state index contributed by atoms with van der Waals surface area (Å²) in [5, 5.41) is 67.9. The maximum atomic E-state index is 13.8. The van der Waals surface area contributed by atoms with E-state index < -0.39 is 45.5 Å². The second-order valence-corrected chi connectivity index (χ2v) is 17.8. The quantitative estimate of drug-likeness (QED) is 0.0301. The van der Waals surface area contributed by atoms with E-state index in [2.05, 4.69) is 61.6 Å². The monoisotopic (exact) mass is 1270 g/mol. The van der Waals surface area contributed by atoms with Crippen molar-refractivity contribution < 1.29 is 72.5 Å². The zero-order valence-electron chi connectivity index (χ0n) is 44.7. The molecule has 2 atom stereocenters. The minimum absolute atomic E-state index is 0. The number of carbonyl (C=O) groups is 2. The van der Waals surface area contributed by atoms with Gasteiger partial charge in [-0.25, -0.2) is 8.78 Å². The number of benzene rings is 2. The van der Waals surface area contributed by atoms with Gasteiger partial charge in [-0.05, 0) is 45.0 Å². The maximum Gasteiger partial charge on any atom is 1.00 e. The van der Waals surface area contributed by atoms with E-state index in [4.69, 9.17) is 78.4 Å². The second kappa shape index (κ2) is 35.6. The Labute approximate surface area is 525 Å². The maximum absolute atomic E-state index is 13.8. The zero-order chi connectivity index (χ0) is 61.0. The molecule has 30 nitrogen and oxygen atoms in total. The predicted octanol–water partition coefficient (Wildman–Crippen LogP) is 7.34. The standard InChI is InChI=1S/C18H16Cl2FN5O2.C17H15Cl2FN6O2.C4H5N3O2.C4H7N3.C3H3N3O2.2CH4.H2NO.Na/c1-9-15(28-10(2)16-12(19)4-5-13(21)17(16)20)6-14(25-24-9)18(27)23-11-7-22-26(3)8-11;1-8(14-10(18)3-4-11(20)15(14)19)28-13-5-12(24-25-16(13)21)17(27)23-9-6-22-26(2)7-9;1-6-3-4(2-5-6)7(8)9;1-7-3-4(5)2-6-7;7-6(8)3-1-4-5-2-3;;;1-2;/h4-8,10H,1-3H3,(H,23,27);3-8H,1-2H3,(H2,21,25)(H,23,27);2-3H,1H3;2-3H,5H2,1H3;1-2H,(H,4,5);2*1H4;1-2H;/q;;;;;;;-1;+1. The van der Waals surface area contributed by atoms with Gasteiger partial charge in [-0.2, -0.15) is 30.6 Å². The second-order valence-electron chi connectivity index (χ2n) is 16.2. The number of amides is 2. The third kappa shape index (κ3) is 22.6. The fourth-order valence-electron chi connectivity index (χ4n) is 6.23. The molecule has 450 valence electrons. The first-order chi connectivity index (χ1) is 38.8. The van der Waals surface area contributed by atoms with E-state index in [-0.39, 0.29) is 104 Å². The van der Waals surface area contributed by atoms with Crippen LogP contribution in [0.15, 0.2) is 98.4 Å². The van der Waals surface area contributed by atoms with Crippen LogP contribution in [0.25, 0.3) is 5.90 Å². The van der Waals surface area contributed by atoms with Crippen LogP contribution in [0, 0.1) is 38.8 Å². The van der Waals surface area contributed by atoms with Gasteiger partial charge in [0.2, 0.25) is 0 Å². The van der Waals surface area contributed by atoms with Crippen LogP contribution in [0.2, 0.25) is 20.1 Å². The number of aromatic amines is 1. The summed E-state index contributed by atoms with van der Waals surface area (Å²) in [4.78, 5) is 43.5. The van der Waals surface area contributed by atoms with Crippen LogP contribution in [-0.4, -0.2) is 96.6 Å². The SMILES string of the molecule is C.C.CC(Oc1cc(C(=O)Nc2cnn(C)c2)nnc1N)c1c(Cl)ccc(F)c1Cl.Cc1nnc(C(=O)Nc2cnn(C)c2)cc1OC(C)c1c(Cl)ccc(F)c1Cl.Cn1cc(N)cn1.Cn1cc([N+](=O)[O-])cn1.O=[N+]([O-])c1cn[nH]c1.[NH-]O.[Na+]. The summed E-state index contributed by atoms with van der Waals surface area (Å²) in [6.45, 7) is 4.95. The summed E-state index contributed by atoms with van der Waals surface area (Å²) in [5.74, 6) is 2.85. The molecule has 2 aromatic carbocycles. The molecule has 0 radical (unpaired) electrons. The molecule has 7 aromatic heterocycles. The Morgan fingerprint density at radius 2 is 1.08 bits per heavy atom. The number of rotatable bonds is 12. The van der Waals surface area contributed by atoms with E-state index in [1.54, 1.807) is 76.1 Å². The summed E-state index contributed by atoms with van der Waals surface area (Å²) >= 11 is 24.3. The van der Waals surface area contributed by atoms with Gasteiger partial charge in [0, 0.05) is 80.1 Å². The van der Waals surface area contributed by atoms with Crippen molar-refractivity contribution in [2.45, 2.75) is 47.8 Å². The van der Waals surface area contributed by atoms with Crippen LogP contribution in [0.1, 0.15) is 78.7 Å². The number of nitro groups is 2. The Bertz CT molecular complexity index is 3430. The van der Waals surface area contributed by atoms with Gasteiger partial charge in [-0.15, -0.1) is 15.3 Å². The fraction of sp³-hybridized carbons (Fsp3) is 0.229. The van der Waals surface area contributed by atoms with Crippen molar-refractivity contribution >= 4 is 92.5 Å². The van der Waals surface area contributed by atoms with Crippen molar-refractivity contribution in [1.29, 1.82) is 0 Å². The van der Waals surface area contributed by atoms with Crippen molar-refractivity contribution in [2.75, 3.05) is 22.1 Å². The molecule has 37 heteroatoms.